The standard InChI is InChI=1S/C26H36ClN3O4S/c1-19-9-15-23(16-10-19)30(35(6,33)34)17-7-8-24(31)29(18-21-11-13-22(27)14-12-21)20(2)25(32)28-26(3,4)5/h9-16,20H,7-8,17-18H2,1-6H3,(H,28,32)/t20-/m1/s1. The number of hydrogen-bond acceptors (Lipinski definition) is 4. The molecule has 0 aliphatic heterocycles. The van der Waals surface area contributed by atoms with Crippen LogP contribution in [0.3, 0.4) is 0 Å². The SMILES string of the molecule is Cc1ccc(N(CCCC(=O)N(Cc2ccc(Cl)cc2)[C@H](C)C(=O)NC(C)(C)C)S(C)(=O)=O)cc1. The summed E-state index contributed by atoms with van der Waals surface area (Å²) < 4.78 is 26.1. The average molecular weight is 522 g/mol. The Bertz CT molecular complexity index is 1110. The van der Waals surface area contributed by atoms with Crippen molar-refractivity contribution >= 4 is 39.1 Å². The quantitative estimate of drug-likeness (QED) is 0.497. The van der Waals surface area contributed by atoms with E-state index in [1.54, 1.807) is 31.2 Å². The van der Waals surface area contributed by atoms with Gasteiger partial charge < -0.3 is 10.2 Å². The summed E-state index contributed by atoms with van der Waals surface area (Å²) >= 11 is 5.99. The van der Waals surface area contributed by atoms with Crippen LogP contribution in [-0.4, -0.2) is 49.5 Å². The van der Waals surface area contributed by atoms with E-state index in [9.17, 15) is 18.0 Å². The summed E-state index contributed by atoms with van der Waals surface area (Å²) in [6.45, 7) is 9.67. The van der Waals surface area contributed by atoms with Crippen LogP contribution in [0.2, 0.25) is 5.02 Å². The maximum Gasteiger partial charge on any atom is 0.242 e. The number of sulfonamides is 1. The largest absolute Gasteiger partial charge is 0.350 e. The van der Waals surface area contributed by atoms with Gasteiger partial charge in [-0.1, -0.05) is 41.4 Å². The molecule has 0 saturated carbocycles. The first-order valence-corrected chi connectivity index (χ1v) is 13.8. The summed E-state index contributed by atoms with van der Waals surface area (Å²) in [6, 6.07) is 13.6. The Morgan fingerprint density at radius 1 is 1.03 bits per heavy atom. The van der Waals surface area contributed by atoms with Crippen LogP contribution in [0.15, 0.2) is 48.5 Å². The first-order chi connectivity index (χ1) is 16.2. The van der Waals surface area contributed by atoms with Gasteiger partial charge in [-0.25, -0.2) is 8.42 Å². The van der Waals surface area contributed by atoms with Crippen LogP contribution in [0.4, 0.5) is 5.69 Å². The van der Waals surface area contributed by atoms with Gasteiger partial charge >= 0.3 is 0 Å². The lowest BCUT2D eigenvalue weighted by molar-refractivity contribution is -0.141. The smallest absolute Gasteiger partial charge is 0.242 e. The molecule has 2 rings (SSSR count). The molecule has 9 heteroatoms. The van der Waals surface area contributed by atoms with Crippen LogP contribution in [0.25, 0.3) is 0 Å². The molecule has 2 aromatic carbocycles. The molecule has 0 radical (unpaired) electrons. The number of benzene rings is 2. The summed E-state index contributed by atoms with van der Waals surface area (Å²) in [5.74, 6) is -0.480. The first-order valence-electron chi connectivity index (χ1n) is 11.6. The molecule has 0 aliphatic carbocycles. The molecule has 0 aliphatic rings. The van der Waals surface area contributed by atoms with Gasteiger partial charge in [0.25, 0.3) is 0 Å². The van der Waals surface area contributed by atoms with Gasteiger partial charge in [0, 0.05) is 30.1 Å². The van der Waals surface area contributed by atoms with Crippen LogP contribution in [-0.2, 0) is 26.2 Å². The lowest BCUT2D eigenvalue weighted by Gasteiger charge is -2.32. The highest BCUT2D eigenvalue weighted by Crippen LogP contribution is 2.20. The summed E-state index contributed by atoms with van der Waals surface area (Å²) in [5.41, 5.74) is 1.99. The summed E-state index contributed by atoms with van der Waals surface area (Å²) in [5, 5.41) is 3.51. The summed E-state index contributed by atoms with van der Waals surface area (Å²) in [6.07, 6.45) is 1.56. The fourth-order valence-corrected chi connectivity index (χ4v) is 4.65. The van der Waals surface area contributed by atoms with Crippen LogP contribution in [0.5, 0.6) is 0 Å². The molecule has 7 nitrogen and oxygen atoms in total. The first kappa shape index (κ1) is 28.7. The summed E-state index contributed by atoms with van der Waals surface area (Å²) in [4.78, 5) is 27.7. The predicted molar refractivity (Wildman–Crippen MR) is 142 cm³/mol. The Kier molecular flexibility index (Phi) is 9.75. The zero-order chi connectivity index (χ0) is 26.4. The summed E-state index contributed by atoms with van der Waals surface area (Å²) in [7, 11) is -3.52. The van der Waals surface area contributed by atoms with Crippen molar-refractivity contribution < 1.29 is 18.0 Å². The average Bonchev–Trinajstić information content (AvgIpc) is 2.74. The molecule has 0 heterocycles. The Hall–Kier alpha value is -2.58. The third kappa shape index (κ3) is 9.18. The number of nitrogens with zero attached hydrogens (tertiary/aromatic N) is 2. The third-order valence-corrected chi connectivity index (χ3v) is 6.85. The molecular weight excluding hydrogens is 486 g/mol. The van der Waals surface area contributed by atoms with E-state index < -0.39 is 21.6 Å². The van der Waals surface area contributed by atoms with Crippen molar-refractivity contribution in [3.63, 3.8) is 0 Å². The number of aryl methyl sites for hydroxylation is 1. The number of amides is 2. The minimum Gasteiger partial charge on any atom is -0.350 e. The zero-order valence-corrected chi connectivity index (χ0v) is 22.9. The molecule has 0 fully saturated rings. The highest BCUT2D eigenvalue weighted by molar-refractivity contribution is 7.92. The normalized spacial score (nSPS) is 12.7. The molecule has 0 aromatic heterocycles. The Balaban J connectivity index is 2.17. The highest BCUT2D eigenvalue weighted by Gasteiger charge is 2.28. The third-order valence-electron chi connectivity index (χ3n) is 5.41. The van der Waals surface area contributed by atoms with Crippen molar-refractivity contribution in [3.8, 4) is 0 Å². The minimum absolute atomic E-state index is 0.0958. The van der Waals surface area contributed by atoms with Crippen molar-refractivity contribution in [1.29, 1.82) is 0 Å². The van der Waals surface area contributed by atoms with Crippen LogP contribution in [0.1, 0.15) is 51.7 Å². The molecule has 192 valence electrons. The van der Waals surface area contributed by atoms with Gasteiger partial charge in [-0.3, -0.25) is 13.9 Å². The van der Waals surface area contributed by atoms with Crippen LogP contribution in [0, 0.1) is 6.92 Å². The minimum atomic E-state index is -3.52. The van der Waals surface area contributed by atoms with Gasteiger partial charge in [-0.2, -0.15) is 0 Å². The molecule has 35 heavy (non-hydrogen) atoms. The maximum atomic E-state index is 13.3. The van der Waals surface area contributed by atoms with E-state index in [0.717, 1.165) is 17.4 Å². The molecule has 2 amide bonds. The maximum absolute atomic E-state index is 13.3. The van der Waals surface area contributed by atoms with E-state index in [-0.39, 0.29) is 31.3 Å². The second-order valence-electron chi connectivity index (χ2n) is 9.84. The van der Waals surface area contributed by atoms with Gasteiger partial charge in [-0.05, 0) is 70.9 Å². The molecule has 0 unspecified atom stereocenters. The lowest BCUT2D eigenvalue weighted by Crippen LogP contribution is -2.52. The second-order valence-corrected chi connectivity index (χ2v) is 12.2. The molecule has 0 spiro atoms. The molecule has 0 bridgehead atoms. The number of carbonyl (C=O) groups excluding carboxylic acids is 2. The molecule has 1 N–H and O–H groups in total. The number of halogens is 1. The van der Waals surface area contributed by atoms with Crippen LogP contribution < -0.4 is 9.62 Å². The van der Waals surface area contributed by atoms with E-state index in [0.29, 0.717) is 17.1 Å². The second kappa shape index (κ2) is 11.9. The Morgan fingerprint density at radius 3 is 2.11 bits per heavy atom. The van der Waals surface area contributed by atoms with E-state index >= 15 is 0 Å². The Morgan fingerprint density at radius 2 is 1.60 bits per heavy atom. The molecule has 2 aromatic rings. The van der Waals surface area contributed by atoms with Gasteiger partial charge in [0.15, 0.2) is 0 Å². The topological polar surface area (TPSA) is 86.8 Å². The zero-order valence-electron chi connectivity index (χ0n) is 21.3. The fraction of sp³-hybridized carbons (Fsp3) is 0.462. The number of rotatable bonds is 10. The van der Waals surface area contributed by atoms with Gasteiger partial charge in [0.2, 0.25) is 21.8 Å². The van der Waals surface area contributed by atoms with Crippen molar-refractivity contribution in [2.24, 2.45) is 0 Å². The highest BCUT2D eigenvalue weighted by atomic mass is 35.5. The van der Waals surface area contributed by atoms with Gasteiger partial charge in [0.05, 0.1) is 11.9 Å². The van der Waals surface area contributed by atoms with E-state index in [2.05, 4.69) is 5.32 Å². The van der Waals surface area contributed by atoms with Gasteiger partial charge in [0.1, 0.15) is 6.04 Å². The van der Waals surface area contributed by atoms with Crippen molar-refractivity contribution in [2.45, 2.75) is 65.6 Å². The van der Waals surface area contributed by atoms with E-state index in [1.165, 1.54) is 9.21 Å². The van der Waals surface area contributed by atoms with Crippen molar-refractivity contribution in [3.05, 3.63) is 64.7 Å². The van der Waals surface area contributed by atoms with E-state index in [4.69, 9.17) is 11.6 Å². The molecule has 0 saturated heterocycles. The lowest BCUT2D eigenvalue weighted by atomic mass is 10.1. The predicted octanol–water partition coefficient (Wildman–Crippen LogP) is 4.53. The Labute approximate surface area is 214 Å². The number of carbonyl (C=O) groups is 2. The number of anilines is 1. The number of nitrogens with one attached hydrogen (secondary N) is 1. The van der Waals surface area contributed by atoms with Crippen molar-refractivity contribution in [2.75, 3.05) is 17.1 Å². The van der Waals surface area contributed by atoms with Gasteiger partial charge in [-0.15, -0.1) is 0 Å². The monoisotopic (exact) mass is 521 g/mol. The number of hydrogen-bond donors (Lipinski definition) is 1. The molecule has 1 atom stereocenters. The van der Waals surface area contributed by atoms with E-state index in [1.807, 2.05) is 52.0 Å². The van der Waals surface area contributed by atoms with Crippen molar-refractivity contribution in [1.82, 2.24) is 10.2 Å². The van der Waals surface area contributed by atoms with Crippen LogP contribution >= 0.6 is 11.6 Å². The molecular formula is C26H36ClN3O4S. The fourth-order valence-electron chi connectivity index (χ4n) is 3.56.